The summed E-state index contributed by atoms with van der Waals surface area (Å²) in [5.74, 6) is 0.743. The molecule has 1 aromatic heterocycles. The van der Waals surface area contributed by atoms with Crippen molar-refractivity contribution in [3.63, 3.8) is 0 Å². The van der Waals surface area contributed by atoms with Gasteiger partial charge < -0.3 is 0 Å². The van der Waals surface area contributed by atoms with Gasteiger partial charge in [0.15, 0.2) is 5.78 Å². The molecule has 0 unspecified atom stereocenters. The summed E-state index contributed by atoms with van der Waals surface area (Å²) in [4.78, 5) is 11.6. The van der Waals surface area contributed by atoms with Gasteiger partial charge in [0, 0.05) is 12.1 Å². The number of rotatable bonds is 3. The Morgan fingerprint density at radius 2 is 2.00 bits per heavy atom. The molecule has 3 rings (SSSR count). The number of hydrogen-bond acceptors (Lipinski definition) is 2. The molecule has 0 aromatic carbocycles. The largest absolute Gasteiger partial charge is 0.294 e. The van der Waals surface area contributed by atoms with Gasteiger partial charge in [-0.25, -0.2) is 0 Å². The van der Waals surface area contributed by atoms with Crippen molar-refractivity contribution in [3.8, 4) is 0 Å². The minimum atomic E-state index is 0.172. The molecule has 2 aliphatic carbocycles. The molecule has 0 aliphatic heterocycles. The average Bonchev–Trinajstić information content (AvgIpc) is 2.83. The van der Waals surface area contributed by atoms with Gasteiger partial charge in [-0.15, -0.1) is 0 Å². The highest BCUT2D eigenvalue weighted by Crippen LogP contribution is 2.41. The Kier molecular flexibility index (Phi) is 2.34. The molecule has 0 atom stereocenters. The van der Waals surface area contributed by atoms with Gasteiger partial charge in [0.25, 0.3) is 0 Å². The Hall–Kier alpha value is -1.12. The average molecular weight is 218 g/mol. The number of ketones is 1. The molecule has 0 saturated heterocycles. The Morgan fingerprint density at radius 1 is 1.31 bits per heavy atom. The molecule has 2 aliphatic rings. The van der Waals surface area contributed by atoms with Gasteiger partial charge in [-0.05, 0) is 32.6 Å². The minimum absolute atomic E-state index is 0.172. The fourth-order valence-electron chi connectivity index (χ4n) is 2.69. The summed E-state index contributed by atoms with van der Waals surface area (Å²) in [7, 11) is 0. The Labute approximate surface area is 95.8 Å². The Morgan fingerprint density at radius 3 is 2.56 bits per heavy atom. The van der Waals surface area contributed by atoms with Crippen LogP contribution in [0.1, 0.15) is 73.5 Å². The molecule has 0 N–H and O–H groups in total. The second kappa shape index (κ2) is 3.72. The third-order valence-corrected chi connectivity index (χ3v) is 3.80. The number of carbonyl (C=O) groups excluding carboxylic acids is 1. The number of Topliss-reactive ketones (excluding diaryl/α,β-unsaturated/α-hetero) is 1. The van der Waals surface area contributed by atoms with Crippen LogP contribution in [0.5, 0.6) is 0 Å². The summed E-state index contributed by atoms with van der Waals surface area (Å²) >= 11 is 0. The predicted octanol–water partition coefficient (Wildman–Crippen LogP) is 3.08. The second-order valence-corrected chi connectivity index (χ2v) is 5.18. The van der Waals surface area contributed by atoms with E-state index in [9.17, 15) is 4.79 Å². The number of hydrogen-bond donors (Lipinski definition) is 0. The third-order valence-electron chi connectivity index (χ3n) is 3.80. The molecule has 1 aromatic rings. The lowest BCUT2D eigenvalue weighted by atomic mass is 10.1. The maximum absolute atomic E-state index is 11.6. The maximum Gasteiger partial charge on any atom is 0.163 e. The van der Waals surface area contributed by atoms with Crippen LogP contribution in [0.4, 0.5) is 0 Å². The van der Waals surface area contributed by atoms with E-state index in [-0.39, 0.29) is 5.78 Å². The van der Waals surface area contributed by atoms with E-state index in [1.807, 2.05) is 6.20 Å². The van der Waals surface area contributed by atoms with Crippen LogP contribution in [0.2, 0.25) is 0 Å². The van der Waals surface area contributed by atoms with Crippen molar-refractivity contribution < 1.29 is 4.79 Å². The van der Waals surface area contributed by atoms with Crippen LogP contribution in [0.15, 0.2) is 6.20 Å². The van der Waals surface area contributed by atoms with Crippen LogP contribution in [0.3, 0.4) is 0 Å². The van der Waals surface area contributed by atoms with Crippen LogP contribution in [-0.4, -0.2) is 15.6 Å². The lowest BCUT2D eigenvalue weighted by molar-refractivity contribution is 0.101. The van der Waals surface area contributed by atoms with Crippen molar-refractivity contribution in [1.29, 1.82) is 0 Å². The van der Waals surface area contributed by atoms with Crippen LogP contribution in [-0.2, 0) is 0 Å². The molecule has 2 fully saturated rings. The van der Waals surface area contributed by atoms with E-state index in [1.165, 1.54) is 38.5 Å². The van der Waals surface area contributed by atoms with Gasteiger partial charge in [0.05, 0.1) is 17.3 Å². The molecule has 16 heavy (non-hydrogen) atoms. The molecule has 0 radical (unpaired) electrons. The number of aromatic nitrogens is 2. The summed E-state index contributed by atoms with van der Waals surface area (Å²) in [5, 5.41) is 4.67. The van der Waals surface area contributed by atoms with E-state index in [2.05, 4.69) is 9.78 Å². The van der Waals surface area contributed by atoms with Gasteiger partial charge in [0.1, 0.15) is 0 Å². The summed E-state index contributed by atoms with van der Waals surface area (Å²) in [6.07, 6.45) is 9.47. The minimum Gasteiger partial charge on any atom is -0.294 e. The molecule has 0 amide bonds. The van der Waals surface area contributed by atoms with Crippen molar-refractivity contribution in [2.75, 3.05) is 0 Å². The zero-order valence-corrected chi connectivity index (χ0v) is 9.78. The van der Waals surface area contributed by atoms with E-state index < -0.39 is 0 Å². The smallest absolute Gasteiger partial charge is 0.163 e. The van der Waals surface area contributed by atoms with Crippen molar-refractivity contribution in [1.82, 2.24) is 9.78 Å². The zero-order chi connectivity index (χ0) is 11.1. The lowest BCUT2D eigenvalue weighted by Crippen LogP contribution is -2.05. The molecule has 2 saturated carbocycles. The number of nitrogens with zero attached hydrogens (tertiary/aromatic N) is 2. The highest BCUT2D eigenvalue weighted by atomic mass is 16.1. The van der Waals surface area contributed by atoms with Crippen LogP contribution in [0.25, 0.3) is 0 Å². The summed E-state index contributed by atoms with van der Waals surface area (Å²) in [6.45, 7) is 1.65. The summed E-state index contributed by atoms with van der Waals surface area (Å²) in [6, 6.07) is 0.547. The highest BCUT2D eigenvalue weighted by molar-refractivity contribution is 5.95. The molecule has 0 spiro atoms. The molecule has 3 heteroatoms. The van der Waals surface area contributed by atoms with E-state index in [0.717, 1.165) is 11.3 Å². The quantitative estimate of drug-likeness (QED) is 0.731. The molecular weight excluding hydrogens is 200 g/mol. The highest BCUT2D eigenvalue weighted by Gasteiger charge is 2.31. The van der Waals surface area contributed by atoms with E-state index in [4.69, 9.17) is 0 Å². The SMILES string of the molecule is CC(=O)c1cn(C2CCCC2)nc1C1CC1. The van der Waals surface area contributed by atoms with E-state index in [0.29, 0.717) is 12.0 Å². The standard InChI is InChI=1S/C13H18N2O/c1-9(16)12-8-15(11-4-2-3-5-11)14-13(12)10-6-7-10/h8,10-11H,2-7H2,1H3. The Bertz CT molecular complexity index is 412. The molecule has 3 nitrogen and oxygen atoms in total. The normalized spacial score (nSPS) is 21.6. The lowest BCUT2D eigenvalue weighted by Gasteiger charge is -2.08. The monoisotopic (exact) mass is 218 g/mol. The van der Waals surface area contributed by atoms with Crippen molar-refractivity contribution in [3.05, 3.63) is 17.5 Å². The van der Waals surface area contributed by atoms with Crippen molar-refractivity contribution >= 4 is 5.78 Å². The third kappa shape index (κ3) is 1.68. The van der Waals surface area contributed by atoms with Crippen LogP contribution >= 0.6 is 0 Å². The van der Waals surface area contributed by atoms with Crippen LogP contribution < -0.4 is 0 Å². The molecular formula is C13H18N2O. The van der Waals surface area contributed by atoms with E-state index >= 15 is 0 Å². The first-order valence-corrected chi connectivity index (χ1v) is 6.35. The van der Waals surface area contributed by atoms with Crippen LogP contribution in [0, 0.1) is 0 Å². The van der Waals surface area contributed by atoms with Crippen molar-refractivity contribution in [2.45, 2.75) is 57.4 Å². The topological polar surface area (TPSA) is 34.9 Å². The zero-order valence-electron chi connectivity index (χ0n) is 9.78. The number of carbonyl (C=O) groups is 1. The van der Waals surface area contributed by atoms with Gasteiger partial charge in [-0.3, -0.25) is 9.48 Å². The maximum atomic E-state index is 11.6. The molecule has 0 bridgehead atoms. The second-order valence-electron chi connectivity index (χ2n) is 5.18. The summed E-state index contributed by atoms with van der Waals surface area (Å²) in [5.41, 5.74) is 1.94. The fraction of sp³-hybridized carbons (Fsp3) is 0.692. The van der Waals surface area contributed by atoms with Gasteiger partial charge >= 0.3 is 0 Å². The first kappa shape index (κ1) is 10.1. The fourth-order valence-corrected chi connectivity index (χ4v) is 2.69. The van der Waals surface area contributed by atoms with E-state index in [1.54, 1.807) is 6.92 Å². The molecule has 86 valence electrons. The first-order chi connectivity index (χ1) is 7.75. The van der Waals surface area contributed by atoms with Gasteiger partial charge in [-0.1, -0.05) is 12.8 Å². The predicted molar refractivity (Wildman–Crippen MR) is 61.7 cm³/mol. The first-order valence-electron chi connectivity index (χ1n) is 6.35. The Balaban J connectivity index is 1.94. The van der Waals surface area contributed by atoms with Crippen molar-refractivity contribution in [2.24, 2.45) is 0 Å². The van der Waals surface area contributed by atoms with Gasteiger partial charge in [-0.2, -0.15) is 5.10 Å². The molecule has 1 heterocycles. The summed E-state index contributed by atoms with van der Waals surface area (Å²) < 4.78 is 2.07. The van der Waals surface area contributed by atoms with Gasteiger partial charge in [0.2, 0.25) is 0 Å².